The lowest BCUT2D eigenvalue weighted by molar-refractivity contribution is 0.600. The third-order valence-electron chi connectivity index (χ3n) is 3.28. The Morgan fingerprint density at radius 2 is 1.71 bits per heavy atom. The molecule has 0 aliphatic rings. The van der Waals surface area contributed by atoms with Gasteiger partial charge in [-0.25, -0.2) is 8.42 Å². The molecular formula is C16H20N2O2S. The number of rotatable bonds is 6. The molecule has 0 aliphatic heterocycles. The first kappa shape index (κ1) is 15.5. The predicted octanol–water partition coefficient (Wildman–Crippen LogP) is 2.91. The van der Waals surface area contributed by atoms with Crippen molar-refractivity contribution in [2.75, 3.05) is 11.3 Å². The van der Waals surface area contributed by atoms with Crippen LogP contribution in [0, 0.1) is 6.92 Å². The number of hydrogen-bond acceptors (Lipinski definition) is 3. The van der Waals surface area contributed by atoms with E-state index in [1.54, 1.807) is 36.4 Å². The summed E-state index contributed by atoms with van der Waals surface area (Å²) in [5.41, 5.74) is 2.34. The van der Waals surface area contributed by atoms with Crippen LogP contribution in [0.3, 0.4) is 0 Å². The highest BCUT2D eigenvalue weighted by molar-refractivity contribution is 7.92. The van der Waals surface area contributed by atoms with Crippen LogP contribution in [0.5, 0.6) is 0 Å². The number of benzene rings is 2. The van der Waals surface area contributed by atoms with Gasteiger partial charge in [-0.15, -0.1) is 0 Å². The Morgan fingerprint density at radius 3 is 2.38 bits per heavy atom. The fourth-order valence-corrected chi connectivity index (χ4v) is 3.47. The summed E-state index contributed by atoms with van der Waals surface area (Å²) in [5.74, 6) is 0. The molecule has 112 valence electrons. The van der Waals surface area contributed by atoms with Crippen molar-refractivity contribution >= 4 is 15.7 Å². The molecule has 0 fully saturated rings. The molecule has 0 radical (unpaired) electrons. The fourth-order valence-electron chi connectivity index (χ4n) is 2.12. The van der Waals surface area contributed by atoms with Crippen molar-refractivity contribution in [3.63, 3.8) is 0 Å². The second-order valence-electron chi connectivity index (χ2n) is 4.79. The van der Waals surface area contributed by atoms with E-state index in [4.69, 9.17) is 0 Å². The molecule has 5 heteroatoms. The molecule has 0 saturated carbocycles. The number of anilines is 1. The molecule has 0 spiro atoms. The first-order valence-corrected chi connectivity index (χ1v) is 8.40. The Morgan fingerprint density at radius 1 is 1.00 bits per heavy atom. The average Bonchev–Trinajstić information content (AvgIpc) is 2.46. The molecule has 0 aliphatic carbocycles. The van der Waals surface area contributed by atoms with Crippen molar-refractivity contribution in [3.8, 4) is 0 Å². The van der Waals surface area contributed by atoms with Crippen molar-refractivity contribution < 1.29 is 8.42 Å². The smallest absolute Gasteiger partial charge is 0.262 e. The van der Waals surface area contributed by atoms with Crippen molar-refractivity contribution in [2.24, 2.45) is 0 Å². The van der Waals surface area contributed by atoms with E-state index in [1.807, 2.05) is 26.0 Å². The van der Waals surface area contributed by atoms with Crippen LogP contribution in [0.4, 0.5) is 5.69 Å². The molecule has 0 unspecified atom stereocenters. The second-order valence-corrected chi connectivity index (χ2v) is 6.44. The Hall–Kier alpha value is -1.85. The van der Waals surface area contributed by atoms with E-state index in [-0.39, 0.29) is 0 Å². The van der Waals surface area contributed by atoms with Gasteiger partial charge in [0.15, 0.2) is 0 Å². The summed E-state index contributed by atoms with van der Waals surface area (Å²) in [7, 11) is -3.57. The van der Waals surface area contributed by atoms with E-state index in [0.29, 0.717) is 17.1 Å². The highest BCUT2D eigenvalue weighted by atomic mass is 32.2. The summed E-state index contributed by atoms with van der Waals surface area (Å²) in [6.45, 7) is 5.37. The van der Waals surface area contributed by atoms with Gasteiger partial charge in [0.25, 0.3) is 10.0 Å². The Bertz CT molecular complexity index is 697. The lowest BCUT2D eigenvalue weighted by Gasteiger charge is -2.13. The molecule has 2 aromatic rings. The van der Waals surface area contributed by atoms with E-state index in [1.165, 1.54) is 0 Å². The van der Waals surface area contributed by atoms with Gasteiger partial charge in [0.1, 0.15) is 0 Å². The van der Waals surface area contributed by atoms with Crippen LogP contribution in [0.25, 0.3) is 0 Å². The summed E-state index contributed by atoms with van der Waals surface area (Å²) < 4.78 is 27.6. The molecule has 2 rings (SSSR count). The molecule has 2 aromatic carbocycles. The minimum Gasteiger partial charge on any atom is -0.313 e. The van der Waals surface area contributed by atoms with E-state index in [2.05, 4.69) is 10.0 Å². The van der Waals surface area contributed by atoms with E-state index < -0.39 is 10.0 Å². The molecular weight excluding hydrogens is 284 g/mol. The van der Waals surface area contributed by atoms with Crippen LogP contribution in [0.2, 0.25) is 0 Å². The van der Waals surface area contributed by atoms with Gasteiger partial charge in [-0.2, -0.15) is 0 Å². The third kappa shape index (κ3) is 3.83. The number of para-hydroxylation sites is 1. The minimum atomic E-state index is -3.57. The van der Waals surface area contributed by atoms with Crippen molar-refractivity contribution in [2.45, 2.75) is 25.3 Å². The van der Waals surface area contributed by atoms with Gasteiger partial charge in [0, 0.05) is 12.2 Å². The first-order chi connectivity index (χ1) is 10.0. The van der Waals surface area contributed by atoms with Gasteiger partial charge in [-0.05, 0) is 42.8 Å². The molecule has 4 nitrogen and oxygen atoms in total. The van der Waals surface area contributed by atoms with Crippen LogP contribution in [0.15, 0.2) is 53.4 Å². The zero-order chi connectivity index (χ0) is 15.3. The van der Waals surface area contributed by atoms with Gasteiger partial charge in [0.2, 0.25) is 0 Å². The molecule has 0 aromatic heterocycles. The molecule has 21 heavy (non-hydrogen) atoms. The molecule has 0 saturated heterocycles. The summed E-state index contributed by atoms with van der Waals surface area (Å²) in [6, 6.07) is 14.3. The van der Waals surface area contributed by atoms with Crippen LogP contribution in [0.1, 0.15) is 18.1 Å². The molecule has 0 atom stereocenters. The zero-order valence-electron chi connectivity index (χ0n) is 12.3. The summed E-state index contributed by atoms with van der Waals surface area (Å²) in [5, 5.41) is 3.22. The van der Waals surface area contributed by atoms with Gasteiger partial charge < -0.3 is 5.32 Å². The molecule has 0 amide bonds. The number of nitrogens with one attached hydrogen (secondary N) is 2. The topological polar surface area (TPSA) is 58.2 Å². The maximum atomic E-state index is 12.5. The normalized spacial score (nSPS) is 11.3. The van der Waals surface area contributed by atoms with E-state index in [0.717, 1.165) is 17.7 Å². The maximum absolute atomic E-state index is 12.5. The lowest BCUT2D eigenvalue weighted by atomic mass is 10.1. The van der Waals surface area contributed by atoms with E-state index in [9.17, 15) is 8.42 Å². The van der Waals surface area contributed by atoms with Crippen LogP contribution < -0.4 is 10.0 Å². The number of sulfonamides is 1. The van der Waals surface area contributed by atoms with Crippen LogP contribution in [-0.2, 0) is 16.6 Å². The van der Waals surface area contributed by atoms with Gasteiger partial charge in [-0.1, -0.05) is 37.3 Å². The summed E-state index contributed by atoms with van der Waals surface area (Å²) in [6.07, 6.45) is 0. The largest absolute Gasteiger partial charge is 0.313 e. The number of hydrogen-bond donors (Lipinski definition) is 2. The van der Waals surface area contributed by atoms with Gasteiger partial charge >= 0.3 is 0 Å². The summed E-state index contributed by atoms with van der Waals surface area (Å²) >= 11 is 0. The molecule has 0 heterocycles. The third-order valence-corrected chi connectivity index (χ3v) is 4.80. The SMILES string of the molecule is CCNCc1cccc(S(=O)(=O)Nc2ccccc2)c1C. The Balaban J connectivity index is 2.32. The average molecular weight is 304 g/mol. The Kier molecular flexibility index (Phi) is 4.98. The lowest BCUT2D eigenvalue weighted by Crippen LogP contribution is -2.17. The van der Waals surface area contributed by atoms with Gasteiger partial charge in [-0.3, -0.25) is 4.72 Å². The highest BCUT2D eigenvalue weighted by Gasteiger charge is 2.18. The van der Waals surface area contributed by atoms with Crippen molar-refractivity contribution in [3.05, 3.63) is 59.7 Å². The fraction of sp³-hybridized carbons (Fsp3) is 0.250. The van der Waals surface area contributed by atoms with E-state index >= 15 is 0 Å². The zero-order valence-corrected chi connectivity index (χ0v) is 13.1. The first-order valence-electron chi connectivity index (χ1n) is 6.91. The van der Waals surface area contributed by atoms with Crippen LogP contribution >= 0.6 is 0 Å². The highest BCUT2D eigenvalue weighted by Crippen LogP contribution is 2.21. The van der Waals surface area contributed by atoms with Crippen molar-refractivity contribution in [1.29, 1.82) is 0 Å². The monoisotopic (exact) mass is 304 g/mol. The molecule has 2 N–H and O–H groups in total. The quantitative estimate of drug-likeness (QED) is 0.862. The molecule has 0 bridgehead atoms. The van der Waals surface area contributed by atoms with Crippen LogP contribution in [-0.4, -0.2) is 15.0 Å². The van der Waals surface area contributed by atoms with Crippen molar-refractivity contribution in [1.82, 2.24) is 5.32 Å². The van der Waals surface area contributed by atoms with Gasteiger partial charge in [0.05, 0.1) is 4.90 Å². The summed E-state index contributed by atoms with van der Waals surface area (Å²) in [4.78, 5) is 0.321. The minimum absolute atomic E-state index is 0.321. The maximum Gasteiger partial charge on any atom is 0.262 e. The second kappa shape index (κ2) is 6.74. The predicted molar refractivity (Wildman–Crippen MR) is 85.8 cm³/mol. The Labute approximate surface area is 126 Å². The standard InChI is InChI=1S/C16H20N2O2S/c1-3-17-12-14-8-7-11-16(13(14)2)21(19,20)18-15-9-5-4-6-10-15/h4-11,17-18H,3,12H2,1-2H3.